The zero-order valence-electron chi connectivity index (χ0n) is 15.9. The van der Waals surface area contributed by atoms with Crippen LogP contribution in [-0.2, 0) is 4.74 Å². The minimum atomic E-state index is -0.101. The molecule has 28 heavy (non-hydrogen) atoms. The minimum absolute atomic E-state index is 0.0242. The highest BCUT2D eigenvalue weighted by Crippen LogP contribution is 2.35. The summed E-state index contributed by atoms with van der Waals surface area (Å²) < 4.78 is 17.4. The molecule has 0 N–H and O–H groups in total. The Hall–Kier alpha value is -2.64. The Bertz CT molecular complexity index is 964. The maximum atomic E-state index is 13.3. The number of amides is 1. The zero-order chi connectivity index (χ0) is 19.5. The van der Waals surface area contributed by atoms with E-state index in [0.29, 0.717) is 28.7 Å². The van der Waals surface area contributed by atoms with Crippen molar-refractivity contribution in [3.8, 4) is 11.5 Å². The molecule has 0 bridgehead atoms. The molecule has 1 atom stereocenters. The average Bonchev–Trinajstić information content (AvgIpc) is 3.40. The largest absolute Gasteiger partial charge is 0.497 e. The van der Waals surface area contributed by atoms with Crippen LogP contribution in [0.5, 0.6) is 11.5 Å². The van der Waals surface area contributed by atoms with Crippen LogP contribution < -0.4 is 14.4 Å². The van der Waals surface area contributed by atoms with Gasteiger partial charge >= 0.3 is 0 Å². The summed E-state index contributed by atoms with van der Waals surface area (Å²) in [6.07, 6.45) is 1.99. The van der Waals surface area contributed by atoms with Gasteiger partial charge in [-0.25, -0.2) is 4.98 Å². The van der Waals surface area contributed by atoms with Crippen molar-refractivity contribution in [1.82, 2.24) is 4.98 Å². The highest BCUT2D eigenvalue weighted by Gasteiger charge is 2.27. The van der Waals surface area contributed by atoms with Gasteiger partial charge in [0.15, 0.2) is 5.13 Å². The van der Waals surface area contributed by atoms with Gasteiger partial charge in [-0.15, -0.1) is 0 Å². The number of anilines is 1. The number of fused-ring (bicyclic) bond motifs is 1. The average molecular weight is 398 g/mol. The lowest BCUT2D eigenvalue weighted by molar-refractivity contribution is 0.0917. The minimum Gasteiger partial charge on any atom is -0.497 e. The van der Waals surface area contributed by atoms with Crippen LogP contribution >= 0.6 is 11.3 Å². The third kappa shape index (κ3) is 3.68. The van der Waals surface area contributed by atoms with E-state index in [-0.39, 0.29) is 12.0 Å². The van der Waals surface area contributed by atoms with Crippen LogP contribution in [0.4, 0.5) is 5.13 Å². The number of thiazole rings is 1. The van der Waals surface area contributed by atoms with Gasteiger partial charge in [0, 0.05) is 12.2 Å². The van der Waals surface area contributed by atoms with Crippen molar-refractivity contribution in [3.05, 3.63) is 48.0 Å². The maximum absolute atomic E-state index is 13.3. The van der Waals surface area contributed by atoms with Gasteiger partial charge in [0.2, 0.25) is 0 Å². The second-order valence-electron chi connectivity index (χ2n) is 6.58. The molecule has 1 fully saturated rings. The fourth-order valence-corrected chi connectivity index (χ4v) is 4.31. The Labute approximate surface area is 167 Å². The Balaban J connectivity index is 1.71. The zero-order valence-corrected chi connectivity index (χ0v) is 16.7. The topological polar surface area (TPSA) is 60.9 Å². The summed E-state index contributed by atoms with van der Waals surface area (Å²) in [6, 6.07) is 12.9. The normalized spacial score (nSPS) is 16.3. The molecule has 146 valence electrons. The van der Waals surface area contributed by atoms with Gasteiger partial charge in [0.05, 0.1) is 31.6 Å². The second kappa shape index (κ2) is 8.16. The number of carbonyl (C=O) groups excluding carboxylic acids is 1. The molecule has 1 aliphatic rings. The first-order chi connectivity index (χ1) is 13.7. The molecule has 2 aromatic carbocycles. The fraction of sp³-hybridized carbons (Fsp3) is 0.333. The molecule has 3 aromatic rings. The molecule has 1 saturated heterocycles. The molecular weight excluding hydrogens is 376 g/mol. The van der Waals surface area contributed by atoms with Gasteiger partial charge in [-0.1, -0.05) is 17.4 Å². The number of carbonyl (C=O) groups is 1. The molecule has 1 amide bonds. The van der Waals surface area contributed by atoms with Crippen molar-refractivity contribution < 1.29 is 19.0 Å². The van der Waals surface area contributed by atoms with Crippen LogP contribution in [-0.4, -0.2) is 44.4 Å². The van der Waals surface area contributed by atoms with E-state index in [1.807, 2.05) is 18.2 Å². The lowest BCUT2D eigenvalue weighted by Gasteiger charge is -2.23. The monoisotopic (exact) mass is 398 g/mol. The molecule has 6 nitrogen and oxygen atoms in total. The van der Waals surface area contributed by atoms with Gasteiger partial charge < -0.3 is 14.2 Å². The second-order valence-corrected chi connectivity index (χ2v) is 7.59. The standard InChI is InChI=1S/C21H22N2O4S/c1-25-15-10-8-14(9-11-15)20(24)23(13-16-5-4-12-27-16)21-22-19-17(26-2)6-3-7-18(19)28-21/h3,6-11,16H,4-5,12-13H2,1-2H3. The van der Waals surface area contributed by atoms with E-state index in [2.05, 4.69) is 0 Å². The number of hydrogen-bond acceptors (Lipinski definition) is 6. The number of rotatable bonds is 6. The van der Waals surface area contributed by atoms with Crippen molar-refractivity contribution in [2.24, 2.45) is 0 Å². The number of nitrogens with zero attached hydrogens (tertiary/aromatic N) is 2. The molecule has 0 aliphatic carbocycles. The summed E-state index contributed by atoms with van der Waals surface area (Å²) in [5.74, 6) is 1.32. The number of ether oxygens (including phenoxy) is 3. The van der Waals surface area contributed by atoms with Crippen LogP contribution in [0.25, 0.3) is 10.2 Å². The SMILES string of the molecule is COc1ccc(C(=O)N(CC2CCCO2)c2nc3c(OC)cccc3s2)cc1. The summed E-state index contributed by atoms with van der Waals surface area (Å²) in [4.78, 5) is 19.8. The summed E-state index contributed by atoms with van der Waals surface area (Å²) in [7, 11) is 3.23. The van der Waals surface area contributed by atoms with Crippen molar-refractivity contribution >= 4 is 32.6 Å². The van der Waals surface area contributed by atoms with E-state index in [1.54, 1.807) is 43.4 Å². The third-order valence-electron chi connectivity index (χ3n) is 4.81. The van der Waals surface area contributed by atoms with Crippen molar-refractivity contribution in [3.63, 3.8) is 0 Å². The predicted molar refractivity (Wildman–Crippen MR) is 110 cm³/mol. The molecule has 0 spiro atoms. The molecule has 4 rings (SSSR count). The van der Waals surface area contributed by atoms with Crippen LogP contribution in [0.15, 0.2) is 42.5 Å². The third-order valence-corrected chi connectivity index (χ3v) is 5.86. The Kier molecular flexibility index (Phi) is 5.45. The van der Waals surface area contributed by atoms with Crippen molar-refractivity contribution in [2.45, 2.75) is 18.9 Å². The first kappa shape index (κ1) is 18.7. The predicted octanol–water partition coefficient (Wildman–Crippen LogP) is 4.14. The van der Waals surface area contributed by atoms with Gasteiger partial charge in [-0.2, -0.15) is 0 Å². The van der Waals surface area contributed by atoms with Crippen LogP contribution in [0, 0.1) is 0 Å². The van der Waals surface area contributed by atoms with E-state index in [0.717, 1.165) is 29.7 Å². The Morgan fingerprint density at radius 3 is 2.71 bits per heavy atom. The molecule has 1 aliphatic heterocycles. The number of methoxy groups -OCH3 is 2. The first-order valence-electron chi connectivity index (χ1n) is 9.20. The summed E-state index contributed by atoms with van der Waals surface area (Å²) >= 11 is 1.48. The summed E-state index contributed by atoms with van der Waals surface area (Å²) in [5.41, 5.74) is 1.36. The number of hydrogen-bond donors (Lipinski definition) is 0. The van der Waals surface area contributed by atoms with E-state index in [1.165, 1.54) is 11.3 Å². The Morgan fingerprint density at radius 2 is 2.04 bits per heavy atom. The van der Waals surface area contributed by atoms with Crippen molar-refractivity contribution in [2.75, 3.05) is 32.3 Å². The first-order valence-corrected chi connectivity index (χ1v) is 10.0. The lowest BCUT2D eigenvalue weighted by atomic mass is 10.1. The molecule has 0 saturated carbocycles. The van der Waals surface area contributed by atoms with Gasteiger partial charge in [-0.05, 0) is 49.2 Å². The van der Waals surface area contributed by atoms with Crippen molar-refractivity contribution in [1.29, 1.82) is 0 Å². The highest BCUT2D eigenvalue weighted by molar-refractivity contribution is 7.22. The number of para-hydroxylation sites is 1. The smallest absolute Gasteiger partial charge is 0.260 e. The summed E-state index contributed by atoms with van der Waals surface area (Å²) in [6.45, 7) is 1.22. The van der Waals surface area contributed by atoms with E-state index in [4.69, 9.17) is 19.2 Å². The lowest BCUT2D eigenvalue weighted by Crippen LogP contribution is -2.37. The van der Waals surface area contributed by atoms with Crippen LogP contribution in [0.2, 0.25) is 0 Å². The highest BCUT2D eigenvalue weighted by atomic mass is 32.1. The van der Waals surface area contributed by atoms with Crippen LogP contribution in [0.1, 0.15) is 23.2 Å². The molecule has 2 heterocycles. The van der Waals surface area contributed by atoms with Gasteiger partial charge in [-0.3, -0.25) is 9.69 Å². The Morgan fingerprint density at radius 1 is 1.21 bits per heavy atom. The fourth-order valence-electron chi connectivity index (χ4n) is 3.32. The molecule has 7 heteroatoms. The van der Waals surface area contributed by atoms with Gasteiger partial charge in [0.25, 0.3) is 5.91 Å². The molecule has 0 radical (unpaired) electrons. The van der Waals surface area contributed by atoms with Crippen LogP contribution in [0.3, 0.4) is 0 Å². The molecule has 1 aromatic heterocycles. The van der Waals surface area contributed by atoms with Gasteiger partial charge in [0.1, 0.15) is 17.0 Å². The van der Waals surface area contributed by atoms with E-state index >= 15 is 0 Å². The maximum Gasteiger partial charge on any atom is 0.260 e. The summed E-state index contributed by atoms with van der Waals surface area (Å²) in [5, 5.41) is 0.649. The molecule has 1 unspecified atom stereocenters. The van der Waals surface area contributed by atoms with E-state index < -0.39 is 0 Å². The molecular formula is C21H22N2O4S. The van der Waals surface area contributed by atoms with E-state index in [9.17, 15) is 4.79 Å². The number of aromatic nitrogens is 1. The number of benzene rings is 2. The quantitative estimate of drug-likeness (QED) is 0.625.